The zero-order valence-corrected chi connectivity index (χ0v) is 18.1. The Morgan fingerprint density at radius 1 is 1.07 bits per heavy atom. The van der Waals surface area contributed by atoms with E-state index in [-0.39, 0.29) is 12.2 Å². The summed E-state index contributed by atoms with van der Waals surface area (Å²) in [6.45, 7) is 3.06. The van der Waals surface area contributed by atoms with Gasteiger partial charge in [0.15, 0.2) is 0 Å². The molecule has 0 atom stereocenters. The van der Waals surface area contributed by atoms with E-state index in [9.17, 15) is 8.42 Å². The van der Waals surface area contributed by atoms with Crippen LogP contribution in [0.4, 0.5) is 17.1 Å². The summed E-state index contributed by atoms with van der Waals surface area (Å²) in [7, 11) is -4.03. The molecule has 3 rings (SSSR count). The predicted octanol–water partition coefficient (Wildman–Crippen LogP) is 5.16. The molecule has 0 amide bonds. The smallest absolute Gasteiger partial charge is 0.264 e. The normalized spacial score (nSPS) is 15.5. The molecule has 0 spiro atoms. The maximum absolute atomic E-state index is 11.1. The van der Waals surface area contributed by atoms with Gasteiger partial charge in [0, 0.05) is 19.3 Å². The van der Waals surface area contributed by atoms with Gasteiger partial charge in [-0.3, -0.25) is 9.55 Å². The largest absolute Gasteiger partial charge is 0.326 e. The first-order valence-corrected chi connectivity index (χ1v) is 11.5. The maximum Gasteiger partial charge on any atom is 0.264 e. The summed E-state index contributed by atoms with van der Waals surface area (Å²) in [5.41, 5.74) is 2.54. The van der Waals surface area contributed by atoms with Gasteiger partial charge in [-0.05, 0) is 43.7 Å². The number of halogens is 2. The molecular formula is C20H21Cl2N3O3S. The zero-order valence-electron chi connectivity index (χ0n) is 15.8. The van der Waals surface area contributed by atoms with Crippen LogP contribution in [0.25, 0.3) is 0 Å². The van der Waals surface area contributed by atoms with Crippen molar-refractivity contribution in [3.05, 3.63) is 64.4 Å². The average molecular weight is 454 g/mol. The highest BCUT2D eigenvalue weighted by Crippen LogP contribution is 2.45. The van der Waals surface area contributed by atoms with Gasteiger partial charge in [-0.2, -0.15) is 8.42 Å². The minimum Gasteiger partial charge on any atom is -0.326 e. The summed E-state index contributed by atoms with van der Waals surface area (Å²) in [6.07, 6.45) is 3.83. The van der Waals surface area contributed by atoms with E-state index >= 15 is 0 Å². The molecule has 0 saturated heterocycles. The van der Waals surface area contributed by atoms with E-state index in [0.29, 0.717) is 23.1 Å². The minimum atomic E-state index is -4.03. The number of anilines is 2. The van der Waals surface area contributed by atoms with Crippen LogP contribution in [0.15, 0.2) is 59.4 Å². The third-order valence-corrected chi connectivity index (χ3v) is 5.98. The fraction of sp³-hybridized carbons (Fsp3) is 0.250. The molecule has 6 nitrogen and oxygen atoms in total. The second-order valence-electron chi connectivity index (χ2n) is 6.43. The van der Waals surface area contributed by atoms with Crippen molar-refractivity contribution in [2.75, 3.05) is 28.6 Å². The fourth-order valence-corrected chi connectivity index (χ4v) is 4.02. The molecular weight excluding hydrogens is 433 g/mol. The number of allylic oxidation sites excluding steroid dienone is 1. The Morgan fingerprint density at radius 2 is 1.69 bits per heavy atom. The third kappa shape index (κ3) is 5.30. The Balaban J connectivity index is 1.96. The van der Waals surface area contributed by atoms with Crippen molar-refractivity contribution < 1.29 is 13.0 Å². The van der Waals surface area contributed by atoms with Crippen molar-refractivity contribution in [2.45, 2.75) is 13.3 Å². The van der Waals surface area contributed by atoms with Crippen LogP contribution < -0.4 is 9.80 Å². The van der Waals surface area contributed by atoms with Crippen LogP contribution in [-0.4, -0.2) is 38.0 Å². The van der Waals surface area contributed by atoms with E-state index < -0.39 is 10.1 Å². The summed E-state index contributed by atoms with van der Waals surface area (Å²) in [6, 6.07) is 13.1. The van der Waals surface area contributed by atoms with Gasteiger partial charge >= 0.3 is 0 Å². The lowest BCUT2D eigenvalue weighted by molar-refractivity contribution is 0.481. The molecule has 0 unspecified atom stereocenters. The molecule has 0 radical (unpaired) electrons. The minimum absolute atomic E-state index is 0.253. The molecule has 1 aliphatic heterocycles. The highest BCUT2D eigenvalue weighted by atomic mass is 35.5. The fourth-order valence-electron chi connectivity index (χ4n) is 3.21. The molecule has 0 bridgehead atoms. The zero-order chi connectivity index (χ0) is 21.0. The first-order valence-electron chi connectivity index (χ1n) is 9.09. The quantitative estimate of drug-likeness (QED) is 0.462. The second-order valence-corrected chi connectivity index (χ2v) is 8.82. The van der Waals surface area contributed by atoms with Crippen LogP contribution in [0, 0.1) is 0 Å². The first-order chi connectivity index (χ1) is 13.8. The van der Waals surface area contributed by atoms with Crippen molar-refractivity contribution in [2.24, 2.45) is 4.99 Å². The monoisotopic (exact) mass is 453 g/mol. The summed E-state index contributed by atoms with van der Waals surface area (Å²) in [4.78, 5) is 8.47. The lowest BCUT2D eigenvalue weighted by Gasteiger charge is -2.24. The molecule has 2 aromatic carbocycles. The molecule has 0 saturated carbocycles. The molecule has 29 heavy (non-hydrogen) atoms. The summed E-state index contributed by atoms with van der Waals surface area (Å²) >= 11 is 12.5. The Morgan fingerprint density at radius 3 is 2.28 bits per heavy atom. The number of nitrogens with zero attached hydrogens (tertiary/aromatic N) is 3. The SMILES string of the molecule is CCN1C(=CC=Nc2ccccc2)N(CCCS(=O)(=O)O)c2cc(Cl)c(Cl)cc21. The van der Waals surface area contributed by atoms with Crippen LogP contribution in [0.5, 0.6) is 0 Å². The van der Waals surface area contributed by atoms with Crippen molar-refractivity contribution in [3.63, 3.8) is 0 Å². The highest BCUT2D eigenvalue weighted by Gasteiger charge is 2.31. The summed E-state index contributed by atoms with van der Waals surface area (Å²) < 4.78 is 31.3. The van der Waals surface area contributed by atoms with E-state index in [1.54, 1.807) is 18.3 Å². The molecule has 154 valence electrons. The number of hydrogen-bond donors (Lipinski definition) is 1. The number of aliphatic imine (C=N–C) groups is 1. The Labute approximate surface area is 180 Å². The van der Waals surface area contributed by atoms with Gasteiger partial charge in [-0.1, -0.05) is 41.4 Å². The van der Waals surface area contributed by atoms with Gasteiger partial charge < -0.3 is 9.80 Å². The molecule has 0 fully saturated rings. The Hall–Kier alpha value is -2.06. The first kappa shape index (κ1) is 21.6. The van der Waals surface area contributed by atoms with Crippen LogP contribution in [0.1, 0.15) is 13.3 Å². The van der Waals surface area contributed by atoms with Crippen molar-refractivity contribution in [1.82, 2.24) is 0 Å². The third-order valence-electron chi connectivity index (χ3n) is 4.46. The summed E-state index contributed by atoms with van der Waals surface area (Å²) in [5.74, 6) is 0.508. The van der Waals surface area contributed by atoms with E-state index in [4.69, 9.17) is 27.8 Å². The number of fused-ring (bicyclic) bond motifs is 1. The molecule has 1 heterocycles. The molecule has 9 heteroatoms. The van der Waals surface area contributed by atoms with Crippen LogP contribution in [0.2, 0.25) is 10.0 Å². The van der Waals surface area contributed by atoms with E-state index in [2.05, 4.69) is 9.89 Å². The van der Waals surface area contributed by atoms with Gasteiger partial charge in [0.1, 0.15) is 5.82 Å². The van der Waals surface area contributed by atoms with Gasteiger partial charge in [0.05, 0.1) is 32.9 Å². The Kier molecular flexibility index (Phi) is 6.85. The van der Waals surface area contributed by atoms with Crippen molar-refractivity contribution >= 4 is 56.6 Å². The molecule has 1 aliphatic rings. The van der Waals surface area contributed by atoms with Gasteiger partial charge in [-0.25, -0.2) is 0 Å². The van der Waals surface area contributed by atoms with Crippen LogP contribution >= 0.6 is 23.2 Å². The molecule has 0 aromatic heterocycles. The number of hydrogen-bond acceptors (Lipinski definition) is 5. The maximum atomic E-state index is 11.1. The van der Waals surface area contributed by atoms with Crippen molar-refractivity contribution in [1.29, 1.82) is 0 Å². The van der Waals surface area contributed by atoms with Gasteiger partial charge in [0.25, 0.3) is 10.1 Å². The number of benzene rings is 2. The number of para-hydroxylation sites is 1. The van der Waals surface area contributed by atoms with Gasteiger partial charge in [-0.15, -0.1) is 0 Å². The predicted molar refractivity (Wildman–Crippen MR) is 121 cm³/mol. The second kappa shape index (κ2) is 9.17. The lowest BCUT2D eigenvalue weighted by atomic mass is 10.2. The topological polar surface area (TPSA) is 73.2 Å². The van der Waals surface area contributed by atoms with Gasteiger partial charge in [0.2, 0.25) is 0 Å². The molecule has 1 N–H and O–H groups in total. The number of rotatable bonds is 7. The van der Waals surface area contributed by atoms with Crippen LogP contribution in [-0.2, 0) is 10.1 Å². The van der Waals surface area contributed by atoms with Crippen LogP contribution in [0.3, 0.4) is 0 Å². The Bertz CT molecular complexity index is 1040. The highest BCUT2D eigenvalue weighted by molar-refractivity contribution is 7.85. The lowest BCUT2D eigenvalue weighted by Crippen LogP contribution is -2.30. The van der Waals surface area contributed by atoms with E-state index in [1.165, 1.54) is 0 Å². The van der Waals surface area contributed by atoms with E-state index in [0.717, 1.165) is 22.9 Å². The van der Waals surface area contributed by atoms with Crippen molar-refractivity contribution in [3.8, 4) is 0 Å². The summed E-state index contributed by atoms with van der Waals surface area (Å²) in [5, 5.41) is 0.862. The molecule has 0 aliphatic carbocycles. The van der Waals surface area contributed by atoms with E-state index in [1.807, 2.05) is 48.2 Å². The molecule has 2 aromatic rings. The standard InChI is InChI=1S/C20H21Cl2N3O3S/c1-2-24-18-13-16(21)17(22)14-19(18)25(11-6-12-29(26,27)28)20(24)9-10-23-15-7-4-3-5-8-15/h3-5,7-10,13-14H,2,6,11-12H2,1H3,(H,26,27,28). The average Bonchev–Trinajstić information content (AvgIpc) is 2.94.